The summed E-state index contributed by atoms with van der Waals surface area (Å²) in [5.74, 6) is 3.74. The molecule has 0 saturated heterocycles. The molecule has 0 amide bonds. The van der Waals surface area contributed by atoms with Crippen LogP contribution in [0, 0.1) is 17.8 Å². The highest BCUT2D eigenvalue weighted by Gasteiger charge is 2.55. The first kappa shape index (κ1) is 14.7. The third kappa shape index (κ3) is 1.90. The predicted octanol–water partition coefficient (Wildman–Crippen LogP) is 4.47. The molecule has 5 nitrogen and oxygen atoms in total. The largest absolute Gasteiger partial charge is 0.378 e. The van der Waals surface area contributed by atoms with E-state index in [0.717, 1.165) is 11.8 Å². The number of anilines is 1. The number of rotatable bonds is 2. The molecule has 2 bridgehead atoms. The zero-order valence-electron chi connectivity index (χ0n) is 15.7. The molecule has 0 spiro atoms. The average molecular weight is 359 g/mol. The monoisotopic (exact) mass is 359 g/mol. The van der Waals surface area contributed by atoms with E-state index in [4.69, 9.17) is 5.10 Å². The molecular weight excluding hydrogens is 334 g/mol. The van der Waals surface area contributed by atoms with Crippen LogP contribution < -0.4 is 5.32 Å². The van der Waals surface area contributed by atoms with Crippen molar-refractivity contribution in [3.8, 4) is 0 Å². The highest BCUT2D eigenvalue weighted by atomic mass is 15.3. The number of hydrogen-bond donors (Lipinski definition) is 2. The summed E-state index contributed by atoms with van der Waals surface area (Å²) < 4.78 is 2.04. The SMILES string of the molecule is Cn1cc([C@@H]2Nc3ccc4[nH]ncc4c3[C@H]3C4CC[C@@H](C4)[C@@H]23)c(C2CC2)n1. The van der Waals surface area contributed by atoms with Gasteiger partial charge in [0, 0.05) is 35.8 Å². The van der Waals surface area contributed by atoms with Gasteiger partial charge in [-0.2, -0.15) is 10.2 Å². The van der Waals surface area contributed by atoms with Gasteiger partial charge in [0.15, 0.2) is 0 Å². The lowest BCUT2D eigenvalue weighted by atomic mass is 9.67. The highest BCUT2D eigenvalue weighted by Crippen LogP contribution is 2.65. The molecule has 5 atom stereocenters. The van der Waals surface area contributed by atoms with Gasteiger partial charge in [-0.3, -0.25) is 9.78 Å². The number of benzene rings is 1. The Balaban J connectivity index is 1.44. The molecule has 27 heavy (non-hydrogen) atoms. The van der Waals surface area contributed by atoms with Gasteiger partial charge in [-0.05, 0) is 73.5 Å². The van der Waals surface area contributed by atoms with Gasteiger partial charge in [-0.25, -0.2) is 0 Å². The molecule has 3 aromatic rings. The lowest BCUT2D eigenvalue weighted by Gasteiger charge is -2.43. The Bertz CT molecular complexity index is 1060. The molecule has 5 heteroatoms. The van der Waals surface area contributed by atoms with Crippen LogP contribution in [0.3, 0.4) is 0 Å². The lowest BCUT2D eigenvalue weighted by molar-refractivity contribution is 0.248. The average Bonchev–Trinajstić information content (AvgIpc) is 3.08. The maximum Gasteiger partial charge on any atom is 0.0708 e. The van der Waals surface area contributed by atoms with E-state index in [9.17, 15) is 0 Å². The van der Waals surface area contributed by atoms with Crippen LogP contribution in [0.25, 0.3) is 10.9 Å². The molecule has 2 N–H and O–H groups in total. The van der Waals surface area contributed by atoms with Crippen molar-refractivity contribution in [1.29, 1.82) is 0 Å². The molecule has 0 radical (unpaired) electrons. The third-order valence-electron chi connectivity index (χ3n) is 7.86. The summed E-state index contributed by atoms with van der Waals surface area (Å²) in [5.41, 5.74) is 6.88. The van der Waals surface area contributed by atoms with Crippen molar-refractivity contribution in [2.24, 2.45) is 24.8 Å². The van der Waals surface area contributed by atoms with Crippen molar-refractivity contribution < 1.29 is 0 Å². The normalized spacial score (nSPS) is 33.9. The summed E-state index contributed by atoms with van der Waals surface area (Å²) >= 11 is 0. The molecule has 1 aromatic carbocycles. The minimum absolute atomic E-state index is 0.409. The number of nitrogens with zero attached hydrogens (tertiary/aromatic N) is 3. The summed E-state index contributed by atoms with van der Waals surface area (Å²) in [6.45, 7) is 0. The smallest absolute Gasteiger partial charge is 0.0708 e. The second-order valence-corrected chi connectivity index (χ2v) is 9.33. The van der Waals surface area contributed by atoms with Gasteiger partial charge in [-0.1, -0.05) is 0 Å². The van der Waals surface area contributed by atoms with Gasteiger partial charge in [0.1, 0.15) is 0 Å². The molecule has 3 fully saturated rings. The van der Waals surface area contributed by atoms with Crippen LogP contribution >= 0.6 is 0 Å². The van der Waals surface area contributed by atoms with Gasteiger partial charge in [0.2, 0.25) is 0 Å². The van der Waals surface area contributed by atoms with Crippen LogP contribution in [0.2, 0.25) is 0 Å². The quantitative estimate of drug-likeness (QED) is 0.710. The fourth-order valence-electron chi connectivity index (χ4n) is 6.75. The first-order valence-corrected chi connectivity index (χ1v) is 10.5. The molecule has 7 rings (SSSR count). The molecule has 3 saturated carbocycles. The second kappa shape index (κ2) is 4.94. The lowest BCUT2D eigenvalue weighted by Crippen LogP contribution is -2.35. The van der Waals surface area contributed by atoms with Gasteiger partial charge < -0.3 is 5.32 Å². The summed E-state index contributed by atoms with van der Waals surface area (Å²) in [4.78, 5) is 0. The van der Waals surface area contributed by atoms with E-state index in [1.165, 1.54) is 65.5 Å². The third-order valence-corrected chi connectivity index (χ3v) is 7.86. The number of H-pyrrole nitrogens is 1. The number of aromatic amines is 1. The number of fused-ring (bicyclic) bond motifs is 9. The highest BCUT2D eigenvalue weighted by molar-refractivity contribution is 5.88. The van der Waals surface area contributed by atoms with Gasteiger partial charge >= 0.3 is 0 Å². The van der Waals surface area contributed by atoms with Crippen molar-refractivity contribution >= 4 is 16.6 Å². The van der Waals surface area contributed by atoms with Crippen LogP contribution in [-0.4, -0.2) is 20.0 Å². The van der Waals surface area contributed by atoms with Gasteiger partial charge in [-0.15, -0.1) is 0 Å². The first-order valence-electron chi connectivity index (χ1n) is 10.5. The van der Waals surface area contributed by atoms with Crippen LogP contribution in [0.4, 0.5) is 5.69 Å². The number of aromatic nitrogens is 4. The molecule has 1 unspecified atom stereocenters. The number of aryl methyl sites for hydroxylation is 1. The Morgan fingerprint density at radius 2 is 2.00 bits per heavy atom. The molecule has 3 aliphatic carbocycles. The Morgan fingerprint density at radius 1 is 1.11 bits per heavy atom. The van der Waals surface area contributed by atoms with E-state index in [2.05, 4.69) is 40.9 Å². The van der Waals surface area contributed by atoms with E-state index in [0.29, 0.717) is 23.8 Å². The van der Waals surface area contributed by atoms with Crippen LogP contribution in [0.15, 0.2) is 24.5 Å². The molecule has 4 aliphatic rings. The zero-order chi connectivity index (χ0) is 17.7. The Labute approximate surface area is 158 Å². The van der Waals surface area contributed by atoms with Crippen molar-refractivity contribution in [3.05, 3.63) is 41.3 Å². The van der Waals surface area contributed by atoms with Crippen LogP contribution in [0.1, 0.15) is 66.8 Å². The molecular formula is C22H25N5. The fourth-order valence-corrected chi connectivity index (χ4v) is 6.75. The minimum atomic E-state index is 0.409. The topological polar surface area (TPSA) is 58.5 Å². The fraction of sp³-hybridized carbons (Fsp3) is 0.545. The van der Waals surface area contributed by atoms with E-state index in [1.807, 2.05) is 10.9 Å². The Hall–Kier alpha value is -2.30. The molecule has 3 heterocycles. The van der Waals surface area contributed by atoms with E-state index in [-0.39, 0.29) is 0 Å². The second-order valence-electron chi connectivity index (χ2n) is 9.33. The van der Waals surface area contributed by atoms with Crippen molar-refractivity contribution in [3.63, 3.8) is 0 Å². The Kier molecular flexibility index (Phi) is 2.70. The summed E-state index contributed by atoms with van der Waals surface area (Å²) in [5, 5.41) is 17.7. The molecule has 1 aliphatic heterocycles. The zero-order valence-corrected chi connectivity index (χ0v) is 15.7. The van der Waals surface area contributed by atoms with E-state index < -0.39 is 0 Å². The van der Waals surface area contributed by atoms with Gasteiger partial charge in [0.05, 0.1) is 23.4 Å². The number of hydrogen-bond acceptors (Lipinski definition) is 3. The van der Waals surface area contributed by atoms with Crippen molar-refractivity contribution in [2.45, 2.75) is 50.0 Å². The number of nitrogens with one attached hydrogen (secondary N) is 2. The minimum Gasteiger partial charge on any atom is -0.378 e. The maximum absolute atomic E-state index is 4.88. The standard InChI is InChI=1S/C22H25N5/c1-27-10-15(21(26-27)11-2-3-11)22-19-13-5-4-12(8-13)18(19)20-14-9-23-25-16(14)6-7-17(20)24-22/h6-7,9-13,18-19,22,24H,2-5,8H2,1H3,(H,23,25)/t12?,13-,18-,19+,22-/m0/s1. The van der Waals surface area contributed by atoms with E-state index in [1.54, 1.807) is 0 Å². The van der Waals surface area contributed by atoms with Crippen LogP contribution in [0.5, 0.6) is 0 Å². The Morgan fingerprint density at radius 3 is 2.89 bits per heavy atom. The van der Waals surface area contributed by atoms with Crippen molar-refractivity contribution in [2.75, 3.05) is 5.32 Å². The molecule has 138 valence electrons. The predicted molar refractivity (Wildman–Crippen MR) is 105 cm³/mol. The maximum atomic E-state index is 4.88. The van der Waals surface area contributed by atoms with Crippen LogP contribution in [-0.2, 0) is 7.05 Å². The molecule has 2 aromatic heterocycles. The van der Waals surface area contributed by atoms with Gasteiger partial charge in [0.25, 0.3) is 0 Å². The van der Waals surface area contributed by atoms with Crippen molar-refractivity contribution in [1.82, 2.24) is 20.0 Å². The summed E-state index contributed by atoms with van der Waals surface area (Å²) in [7, 11) is 2.08. The summed E-state index contributed by atoms with van der Waals surface area (Å²) in [6.07, 6.45) is 11.2. The summed E-state index contributed by atoms with van der Waals surface area (Å²) in [6, 6.07) is 4.87. The van der Waals surface area contributed by atoms with E-state index >= 15 is 0 Å². The first-order chi connectivity index (χ1) is 13.3.